The van der Waals surface area contributed by atoms with Crippen molar-refractivity contribution in [3.8, 4) is 0 Å². The summed E-state index contributed by atoms with van der Waals surface area (Å²) in [5, 5.41) is 0. The molecule has 0 atom stereocenters. The molecule has 4 heteroatoms. The second-order valence-corrected chi connectivity index (χ2v) is 5.83. The number of para-hydroxylation sites is 1. The minimum absolute atomic E-state index is 0.0470. The molecule has 1 saturated heterocycles. The van der Waals surface area contributed by atoms with Crippen molar-refractivity contribution >= 4 is 17.5 Å². The number of likely N-dealkylation sites (tertiary alicyclic amines) is 1. The Kier molecular flexibility index (Phi) is 4.99. The number of aliphatic imine (C=N–C) groups is 1. The van der Waals surface area contributed by atoms with Crippen LogP contribution in [0.1, 0.15) is 37.8 Å². The van der Waals surface area contributed by atoms with Gasteiger partial charge in [-0.2, -0.15) is 0 Å². The molecular formula is C17H24N2O2. The van der Waals surface area contributed by atoms with Crippen molar-refractivity contribution in [3.63, 3.8) is 0 Å². The zero-order valence-corrected chi connectivity index (χ0v) is 13.3. The Labute approximate surface area is 126 Å². The van der Waals surface area contributed by atoms with E-state index >= 15 is 0 Å². The zero-order chi connectivity index (χ0) is 15.4. The lowest BCUT2D eigenvalue weighted by Crippen LogP contribution is -2.33. The van der Waals surface area contributed by atoms with E-state index in [2.05, 4.69) is 0 Å². The third-order valence-corrected chi connectivity index (χ3v) is 3.55. The van der Waals surface area contributed by atoms with Gasteiger partial charge >= 0.3 is 0 Å². The number of amides is 1. The minimum Gasteiger partial charge on any atom is -0.477 e. The first-order valence-electron chi connectivity index (χ1n) is 7.55. The van der Waals surface area contributed by atoms with Gasteiger partial charge in [-0.1, -0.05) is 18.2 Å². The first-order valence-corrected chi connectivity index (χ1v) is 7.55. The van der Waals surface area contributed by atoms with Crippen LogP contribution in [0.5, 0.6) is 0 Å². The number of benzene rings is 1. The molecule has 0 unspecified atom stereocenters. The number of hydrogen-bond donors (Lipinski definition) is 0. The van der Waals surface area contributed by atoms with Gasteiger partial charge in [0.1, 0.15) is 0 Å². The predicted octanol–water partition coefficient (Wildman–Crippen LogP) is 3.38. The second-order valence-electron chi connectivity index (χ2n) is 5.83. The normalized spacial score (nSPS) is 16.0. The number of ether oxygens (including phenoxy) is 1. The summed E-state index contributed by atoms with van der Waals surface area (Å²) in [5.74, 6) is 0.814. The number of rotatable bonds is 4. The minimum atomic E-state index is 0.0470. The molecular weight excluding hydrogens is 264 g/mol. The quantitative estimate of drug-likeness (QED) is 0.629. The molecule has 21 heavy (non-hydrogen) atoms. The fourth-order valence-corrected chi connectivity index (χ4v) is 2.51. The van der Waals surface area contributed by atoms with Crippen molar-refractivity contribution in [1.29, 1.82) is 0 Å². The van der Waals surface area contributed by atoms with Gasteiger partial charge in [0.2, 0.25) is 11.8 Å². The molecule has 1 aliphatic heterocycles. The highest BCUT2D eigenvalue weighted by atomic mass is 16.5. The summed E-state index contributed by atoms with van der Waals surface area (Å²) in [6, 6.07) is 6.11. The van der Waals surface area contributed by atoms with Crippen molar-refractivity contribution in [2.24, 2.45) is 4.99 Å². The summed E-state index contributed by atoms with van der Waals surface area (Å²) in [7, 11) is 0. The molecule has 1 aliphatic rings. The number of hydrogen-bond acceptors (Lipinski definition) is 3. The molecule has 0 spiro atoms. The molecule has 114 valence electrons. The van der Waals surface area contributed by atoms with Crippen molar-refractivity contribution in [2.45, 2.75) is 46.6 Å². The van der Waals surface area contributed by atoms with E-state index < -0.39 is 0 Å². The predicted molar refractivity (Wildman–Crippen MR) is 85.0 cm³/mol. The molecule has 0 N–H and O–H groups in total. The summed E-state index contributed by atoms with van der Waals surface area (Å²) in [4.78, 5) is 18.3. The highest BCUT2D eigenvalue weighted by Gasteiger charge is 2.22. The molecule has 1 fully saturated rings. The average Bonchev–Trinajstić information content (AvgIpc) is 2.79. The molecule has 0 aliphatic carbocycles. The van der Waals surface area contributed by atoms with Gasteiger partial charge in [0, 0.05) is 13.0 Å². The van der Waals surface area contributed by atoms with Crippen LogP contribution in [0.2, 0.25) is 0 Å². The molecule has 0 bridgehead atoms. The maximum absolute atomic E-state index is 11.8. The third kappa shape index (κ3) is 4.06. The lowest BCUT2D eigenvalue weighted by atomic mass is 10.1. The van der Waals surface area contributed by atoms with E-state index in [1.54, 1.807) is 0 Å². The van der Waals surface area contributed by atoms with Crippen LogP contribution in [0.4, 0.5) is 5.69 Å². The van der Waals surface area contributed by atoms with Gasteiger partial charge in [-0.25, -0.2) is 4.99 Å². The van der Waals surface area contributed by atoms with Crippen LogP contribution < -0.4 is 0 Å². The summed E-state index contributed by atoms with van der Waals surface area (Å²) in [5.41, 5.74) is 3.18. The van der Waals surface area contributed by atoms with Crippen LogP contribution in [-0.4, -0.2) is 35.9 Å². The Bertz CT molecular complexity index is 529. The van der Waals surface area contributed by atoms with Gasteiger partial charge in [-0.15, -0.1) is 0 Å². The number of carbonyl (C=O) groups is 1. The Hall–Kier alpha value is -1.84. The molecule has 2 rings (SSSR count). The van der Waals surface area contributed by atoms with Crippen molar-refractivity contribution in [3.05, 3.63) is 29.3 Å². The topological polar surface area (TPSA) is 41.9 Å². The first kappa shape index (κ1) is 15.5. The molecule has 1 heterocycles. The Balaban J connectivity index is 2.26. The monoisotopic (exact) mass is 288 g/mol. The Morgan fingerprint density at radius 3 is 2.52 bits per heavy atom. The molecule has 0 radical (unpaired) electrons. The maximum Gasteiger partial charge on any atom is 0.223 e. The highest BCUT2D eigenvalue weighted by Crippen LogP contribution is 2.24. The Morgan fingerprint density at radius 1 is 1.33 bits per heavy atom. The largest absolute Gasteiger partial charge is 0.477 e. The first-order chi connectivity index (χ1) is 9.97. The van der Waals surface area contributed by atoms with Crippen LogP contribution in [0.3, 0.4) is 0 Å². The summed E-state index contributed by atoms with van der Waals surface area (Å²) >= 11 is 0. The van der Waals surface area contributed by atoms with Crippen LogP contribution in [0, 0.1) is 13.8 Å². The number of carbonyl (C=O) groups excluding carboxylic acids is 1. The van der Waals surface area contributed by atoms with E-state index in [-0.39, 0.29) is 12.0 Å². The van der Waals surface area contributed by atoms with Gasteiger partial charge < -0.3 is 9.64 Å². The standard InChI is InChI=1S/C17H24N2O2/c1-12(2)21-15(11-19-10-6-9-16(19)20)18-17-13(3)7-5-8-14(17)4/h5,7-8,12H,6,9-11H2,1-4H3/b18-15-. The SMILES string of the molecule is Cc1cccc(C)c1/N=C(/CN1CCCC1=O)OC(C)C. The van der Waals surface area contributed by atoms with Crippen molar-refractivity contribution in [1.82, 2.24) is 4.90 Å². The second kappa shape index (κ2) is 6.74. The van der Waals surface area contributed by atoms with Crippen LogP contribution in [0.15, 0.2) is 23.2 Å². The van der Waals surface area contributed by atoms with E-state index in [4.69, 9.17) is 9.73 Å². The van der Waals surface area contributed by atoms with E-state index in [9.17, 15) is 4.79 Å². The zero-order valence-electron chi connectivity index (χ0n) is 13.3. The van der Waals surface area contributed by atoms with E-state index in [1.165, 1.54) is 0 Å². The lowest BCUT2D eigenvalue weighted by molar-refractivity contribution is -0.127. The van der Waals surface area contributed by atoms with Crippen LogP contribution in [-0.2, 0) is 9.53 Å². The number of nitrogens with zero attached hydrogens (tertiary/aromatic N) is 2. The highest BCUT2D eigenvalue weighted by molar-refractivity contribution is 5.87. The average molecular weight is 288 g/mol. The fourth-order valence-electron chi connectivity index (χ4n) is 2.51. The summed E-state index contributed by atoms with van der Waals surface area (Å²) < 4.78 is 5.83. The van der Waals surface area contributed by atoms with Crippen molar-refractivity contribution < 1.29 is 9.53 Å². The van der Waals surface area contributed by atoms with E-state index in [1.807, 2.05) is 50.8 Å². The van der Waals surface area contributed by atoms with Crippen molar-refractivity contribution in [2.75, 3.05) is 13.1 Å². The maximum atomic E-state index is 11.8. The fraction of sp³-hybridized carbons (Fsp3) is 0.529. The lowest BCUT2D eigenvalue weighted by Gasteiger charge is -2.20. The van der Waals surface area contributed by atoms with Gasteiger partial charge in [-0.3, -0.25) is 4.79 Å². The molecule has 4 nitrogen and oxygen atoms in total. The van der Waals surface area contributed by atoms with Crippen LogP contribution in [0.25, 0.3) is 0 Å². The smallest absolute Gasteiger partial charge is 0.223 e. The van der Waals surface area contributed by atoms with E-state index in [0.717, 1.165) is 29.8 Å². The number of aryl methyl sites for hydroxylation is 2. The van der Waals surface area contributed by atoms with Gasteiger partial charge in [0.05, 0.1) is 18.3 Å². The van der Waals surface area contributed by atoms with Crippen LogP contribution >= 0.6 is 0 Å². The van der Waals surface area contributed by atoms with E-state index in [0.29, 0.717) is 18.9 Å². The molecule has 0 aromatic heterocycles. The summed E-state index contributed by atoms with van der Waals surface area (Å²) in [6.45, 7) is 9.30. The van der Waals surface area contributed by atoms with Gasteiger partial charge in [0.15, 0.2) is 0 Å². The molecule has 1 amide bonds. The summed E-state index contributed by atoms with van der Waals surface area (Å²) in [6.07, 6.45) is 1.61. The third-order valence-electron chi connectivity index (χ3n) is 3.55. The van der Waals surface area contributed by atoms with Gasteiger partial charge in [0.25, 0.3) is 0 Å². The van der Waals surface area contributed by atoms with Gasteiger partial charge in [-0.05, 0) is 45.2 Å². The Morgan fingerprint density at radius 2 is 2.00 bits per heavy atom. The molecule has 0 saturated carbocycles. The molecule has 1 aromatic rings. The molecule has 1 aromatic carbocycles.